The number of nitrogens with zero attached hydrogens (tertiary/aromatic N) is 2. The molecule has 2 heterocycles. The normalized spacial score (nSPS) is 34.5. The molecule has 1 spiro atoms. The van der Waals surface area contributed by atoms with Crippen molar-refractivity contribution in [1.82, 2.24) is 9.88 Å². The molecule has 2 atom stereocenters. The van der Waals surface area contributed by atoms with Gasteiger partial charge in [-0.2, -0.15) is 0 Å². The Kier molecular flexibility index (Phi) is 4.81. The second-order valence-electron chi connectivity index (χ2n) is 9.42. The topological polar surface area (TPSA) is 114 Å². The van der Waals surface area contributed by atoms with E-state index < -0.39 is 11.8 Å². The van der Waals surface area contributed by atoms with Crippen molar-refractivity contribution >= 4 is 23.3 Å². The van der Waals surface area contributed by atoms with Crippen LogP contribution in [0.1, 0.15) is 51.0 Å². The van der Waals surface area contributed by atoms with Crippen molar-refractivity contribution < 1.29 is 9.59 Å². The lowest BCUT2D eigenvalue weighted by Gasteiger charge is -2.60. The molecular weight excluding hydrogens is 354 g/mol. The lowest BCUT2D eigenvalue weighted by molar-refractivity contribution is -0.152. The molecule has 28 heavy (non-hydrogen) atoms. The maximum absolute atomic E-state index is 13.0. The Morgan fingerprint density at radius 3 is 2.61 bits per heavy atom. The number of likely N-dealkylation sites (tertiary alicyclic amines) is 1. The van der Waals surface area contributed by atoms with Gasteiger partial charge < -0.3 is 21.7 Å². The van der Waals surface area contributed by atoms with Crippen LogP contribution >= 0.6 is 0 Å². The van der Waals surface area contributed by atoms with Gasteiger partial charge in [-0.3, -0.25) is 9.59 Å². The number of aryl methyl sites for hydroxylation is 1. The van der Waals surface area contributed by atoms with Crippen LogP contribution in [0.2, 0.25) is 0 Å². The number of hydrogen-bond acceptors (Lipinski definition) is 5. The Balaban J connectivity index is 1.42. The molecule has 2 saturated carbocycles. The van der Waals surface area contributed by atoms with Gasteiger partial charge in [0, 0.05) is 18.6 Å². The first-order chi connectivity index (χ1) is 13.3. The van der Waals surface area contributed by atoms with Crippen LogP contribution in [0.15, 0.2) is 12.3 Å². The Labute approximate surface area is 166 Å². The van der Waals surface area contributed by atoms with Crippen molar-refractivity contribution in [3.05, 3.63) is 17.8 Å². The molecule has 2 aliphatic carbocycles. The Bertz CT molecular complexity index is 781. The summed E-state index contributed by atoms with van der Waals surface area (Å²) in [7, 11) is 0. The van der Waals surface area contributed by atoms with Gasteiger partial charge in [0.05, 0.1) is 11.9 Å². The van der Waals surface area contributed by atoms with Gasteiger partial charge in [0.25, 0.3) is 0 Å². The van der Waals surface area contributed by atoms with E-state index in [2.05, 4.69) is 17.2 Å². The zero-order valence-corrected chi connectivity index (χ0v) is 16.8. The summed E-state index contributed by atoms with van der Waals surface area (Å²) in [6.45, 7) is 4.62. The maximum atomic E-state index is 13.0. The predicted molar refractivity (Wildman–Crippen MR) is 108 cm³/mol. The first kappa shape index (κ1) is 19.2. The molecular formula is C21H31N5O2. The highest BCUT2D eigenvalue weighted by Crippen LogP contribution is 2.60. The van der Waals surface area contributed by atoms with E-state index in [0.29, 0.717) is 41.3 Å². The van der Waals surface area contributed by atoms with Gasteiger partial charge in [0.2, 0.25) is 0 Å². The minimum Gasteiger partial charge on any atom is -0.383 e. The summed E-state index contributed by atoms with van der Waals surface area (Å²) in [5, 5.41) is 2.70. The summed E-state index contributed by atoms with van der Waals surface area (Å²) in [6, 6.07) is 2.26. The largest absolute Gasteiger partial charge is 0.383 e. The molecule has 0 unspecified atom stereocenters. The number of nitrogens with two attached hydrogens (primary N) is 2. The number of piperidine rings is 1. The number of hydrogen-bond donors (Lipinski definition) is 3. The number of nitrogens with one attached hydrogen (secondary N) is 1. The van der Waals surface area contributed by atoms with Crippen LogP contribution in [0.3, 0.4) is 0 Å². The maximum Gasteiger partial charge on any atom is 0.313 e. The van der Waals surface area contributed by atoms with E-state index in [1.807, 2.05) is 11.8 Å². The standard InChI is InChI=1S/C21H31N5O2/c1-12-3-4-17(14-6-21(7-14)8-15(22)9-21)26(11-12)20(28)19(27)25-16-5-13(2)18(23)24-10-16/h5,10,12,14-15,17H,3-4,6-9,11,22H2,1-2H3,(H2,23,24)(H,25,27)/t12-,14?,15?,17+,21?/m1/s1. The van der Waals surface area contributed by atoms with E-state index in [1.165, 1.54) is 6.20 Å². The summed E-state index contributed by atoms with van der Waals surface area (Å²) in [4.78, 5) is 31.5. The van der Waals surface area contributed by atoms with Crippen LogP contribution in [0.4, 0.5) is 11.5 Å². The number of anilines is 2. The summed E-state index contributed by atoms with van der Waals surface area (Å²) < 4.78 is 0. The van der Waals surface area contributed by atoms with Gasteiger partial charge in [0.1, 0.15) is 5.82 Å². The molecule has 4 rings (SSSR count). The molecule has 0 radical (unpaired) electrons. The molecule has 2 amide bonds. The average molecular weight is 386 g/mol. The van der Waals surface area contributed by atoms with Gasteiger partial charge in [0.15, 0.2) is 0 Å². The third-order valence-electron chi connectivity index (χ3n) is 7.02. The van der Waals surface area contributed by atoms with Gasteiger partial charge in [-0.25, -0.2) is 4.98 Å². The van der Waals surface area contributed by atoms with Crippen LogP contribution in [0.25, 0.3) is 0 Å². The lowest BCUT2D eigenvalue weighted by atomic mass is 9.48. The molecule has 7 heteroatoms. The monoisotopic (exact) mass is 385 g/mol. The molecule has 5 N–H and O–H groups in total. The Morgan fingerprint density at radius 2 is 1.96 bits per heavy atom. The molecule has 0 bridgehead atoms. The molecule has 3 fully saturated rings. The van der Waals surface area contributed by atoms with E-state index in [-0.39, 0.29) is 6.04 Å². The second-order valence-corrected chi connectivity index (χ2v) is 9.42. The lowest BCUT2D eigenvalue weighted by Crippen LogP contribution is -2.60. The average Bonchev–Trinajstić information content (AvgIpc) is 2.59. The first-order valence-electron chi connectivity index (χ1n) is 10.4. The van der Waals surface area contributed by atoms with Crippen molar-refractivity contribution in [2.24, 2.45) is 23.0 Å². The fraction of sp³-hybridized carbons (Fsp3) is 0.667. The fourth-order valence-electron chi connectivity index (χ4n) is 5.58. The molecule has 7 nitrogen and oxygen atoms in total. The van der Waals surface area contributed by atoms with Crippen molar-refractivity contribution in [3.63, 3.8) is 0 Å². The van der Waals surface area contributed by atoms with Gasteiger partial charge >= 0.3 is 11.8 Å². The van der Waals surface area contributed by atoms with Crippen LogP contribution in [0.5, 0.6) is 0 Å². The predicted octanol–water partition coefficient (Wildman–Crippen LogP) is 2.06. The molecule has 1 saturated heterocycles. The number of rotatable bonds is 2. The third kappa shape index (κ3) is 3.48. The van der Waals surface area contributed by atoms with Crippen LogP contribution < -0.4 is 16.8 Å². The quantitative estimate of drug-likeness (QED) is 0.674. The number of carbonyl (C=O) groups is 2. The zero-order valence-electron chi connectivity index (χ0n) is 16.8. The highest BCUT2D eigenvalue weighted by atomic mass is 16.2. The van der Waals surface area contributed by atoms with Gasteiger partial charge in [-0.15, -0.1) is 0 Å². The third-order valence-corrected chi connectivity index (χ3v) is 7.02. The smallest absolute Gasteiger partial charge is 0.313 e. The number of carbonyl (C=O) groups excluding carboxylic acids is 2. The van der Waals surface area contributed by atoms with Gasteiger partial charge in [-0.05, 0) is 74.3 Å². The number of aromatic nitrogens is 1. The SMILES string of the molecule is Cc1cc(NC(=O)C(=O)N2C[C@H](C)CC[C@H]2C2CC3(CC(N)C3)C2)cnc1N. The molecule has 152 valence electrons. The van der Waals surface area contributed by atoms with Gasteiger partial charge in [-0.1, -0.05) is 6.92 Å². The van der Waals surface area contributed by atoms with Crippen LogP contribution in [-0.4, -0.2) is 40.3 Å². The first-order valence-corrected chi connectivity index (χ1v) is 10.4. The van der Waals surface area contributed by atoms with Crippen LogP contribution in [-0.2, 0) is 9.59 Å². The molecule has 1 aromatic rings. The molecule has 1 aromatic heterocycles. The van der Waals surface area contributed by atoms with E-state index in [9.17, 15) is 9.59 Å². The second kappa shape index (κ2) is 7.03. The fourth-order valence-corrected chi connectivity index (χ4v) is 5.58. The Hall–Kier alpha value is -2.15. The van der Waals surface area contributed by atoms with Crippen molar-refractivity contribution in [1.29, 1.82) is 0 Å². The number of pyridine rings is 1. The van der Waals surface area contributed by atoms with Crippen LogP contribution in [0, 0.1) is 24.2 Å². The minimum atomic E-state index is -0.593. The highest BCUT2D eigenvalue weighted by Gasteiger charge is 2.55. The van der Waals surface area contributed by atoms with Crippen molar-refractivity contribution in [2.75, 3.05) is 17.6 Å². The molecule has 3 aliphatic rings. The molecule has 0 aromatic carbocycles. The van der Waals surface area contributed by atoms with E-state index >= 15 is 0 Å². The summed E-state index contributed by atoms with van der Waals surface area (Å²) in [5.41, 5.74) is 13.4. The summed E-state index contributed by atoms with van der Waals surface area (Å²) in [6.07, 6.45) is 8.10. The minimum absolute atomic E-state index is 0.170. The summed E-state index contributed by atoms with van der Waals surface area (Å²) >= 11 is 0. The number of amides is 2. The van der Waals surface area contributed by atoms with E-state index in [1.54, 1.807) is 6.07 Å². The number of nitrogen functional groups attached to an aromatic ring is 1. The van der Waals surface area contributed by atoms with Crippen molar-refractivity contribution in [2.45, 2.75) is 64.5 Å². The zero-order chi connectivity index (χ0) is 20.1. The van der Waals surface area contributed by atoms with Crippen molar-refractivity contribution in [3.8, 4) is 0 Å². The van der Waals surface area contributed by atoms with E-state index in [0.717, 1.165) is 44.1 Å². The molecule has 1 aliphatic heterocycles. The summed E-state index contributed by atoms with van der Waals surface area (Å²) in [5.74, 6) is 0.308. The Morgan fingerprint density at radius 1 is 1.25 bits per heavy atom. The highest BCUT2D eigenvalue weighted by molar-refractivity contribution is 6.39. The van der Waals surface area contributed by atoms with E-state index in [4.69, 9.17) is 11.5 Å².